The maximum absolute atomic E-state index is 12.6. The topological polar surface area (TPSA) is 79.9 Å². The van der Waals surface area contributed by atoms with Crippen molar-refractivity contribution in [2.24, 2.45) is 0 Å². The Morgan fingerprint density at radius 1 is 1.10 bits per heavy atom. The number of amides is 1. The molecule has 0 unspecified atom stereocenters. The van der Waals surface area contributed by atoms with Crippen molar-refractivity contribution in [3.63, 3.8) is 0 Å². The van der Waals surface area contributed by atoms with Gasteiger partial charge in [0.25, 0.3) is 5.91 Å². The zero-order valence-corrected chi connectivity index (χ0v) is 17.4. The normalized spacial score (nSPS) is 10.6. The summed E-state index contributed by atoms with van der Waals surface area (Å²) in [5.41, 5.74) is 4.01. The van der Waals surface area contributed by atoms with Gasteiger partial charge in [-0.25, -0.2) is 0 Å². The lowest BCUT2D eigenvalue weighted by Gasteiger charge is -2.07. The third-order valence-corrected chi connectivity index (χ3v) is 5.16. The van der Waals surface area contributed by atoms with Gasteiger partial charge in [0.2, 0.25) is 0 Å². The van der Waals surface area contributed by atoms with E-state index in [1.807, 2.05) is 72.3 Å². The highest BCUT2D eigenvalue weighted by molar-refractivity contribution is 5.98. The molecule has 0 aliphatic heterocycles. The van der Waals surface area contributed by atoms with Crippen LogP contribution in [0.15, 0.2) is 66.7 Å². The Morgan fingerprint density at radius 2 is 1.90 bits per heavy atom. The first-order valence-electron chi connectivity index (χ1n) is 9.94. The van der Waals surface area contributed by atoms with Crippen LogP contribution in [0, 0.1) is 18.3 Å². The molecule has 0 fully saturated rings. The van der Waals surface area contributed by atoms with Gasteiger partial charge in [0.05, 0.1) is 37.5 Å². The van der Waals surface area contributed by atoms with Crippen molar-refractivity contribution in [2.75, 3.05) is 7.11 Å². The molecule has 0 saturated heterocycles. The monoisotopic (exact) mass is 410 g/mol. The molecule has 6 nitrogen and oxygen atoms in total. The van der Waals surface area contributed by atoms with Crippen LogP contribution in [-0.2, 0) is 13.1 Å². The number of carbonyl (C=O) groups is 1. The summed E-state index contributed by atoms with van der Waals surface area (Å²) in [5.74, 6) is 0.640. The predicted molar refractivity (Wildman–Crippen MR) is 119 cm³/mol. The summed E-state index contributed by atoms with van der Waals surface area (Å²) in [6.07, 6.45) is 0. The second-order valence-corrected chi connectivity index (χ2v) is 7.36. The van der Waals surface area contributed by atoms with E-state index in [1.54, 1.807) is 13.2 Å². The Morgan fingerprint density at radius 3 is 2.71 bits per heavy atom. The zero-order chi connectivity index (χ0) is 21.8. The fraction of sp³-hybridized carbons (Fsp3) is 0.160. The van der Waals surface area contributed by atoms with Gasteiger partial charge in [0, 0.05) is 11.3 Å². The van der Waals surface area contributed by atoms with Gasteiger partial charge in [-0.1, -0.05) is 24.3 Å². The van der Waals surface area contributed by atoms with Gasteiger partial charge in [-0.15, -0.1) is 0 Å². The molecule has 1 aromatic heterocycles. The van der Waals surface area contributed by atoms with E-state index in [1.165, 1.54) is 0 Å². The van der Waals surface area contributed by atoms with Gasteiger partial charge in [-0.3, -0.25) is 9.48 Å². The van der Waals surface area contributed by atoms with E-state index in [0.29, 0.717) is 24.2 Å². The summed E-state index contributed by atoms with van der Waals surface area (Å²) in [6.45, 7) is 2.89. The van der Waals surface area contributed by atoms with Crippen molar-refractivity contribution < 1.29 is 9.53 Å². The van der Waals surface area contributed by atoms with Crippen molar-refractivity contribution in [1.29, 1.82) is 5.26 Å². The number of hydrogen-bond donors (Lipinski definition) is 1. The molecule has 3 aromatic carbocycles. The fourth-order valence-electron chi connectivity index (χ4n) is 3.50. The lowest BCUT2D eigenvalue weighted by Crippen LogP contribution is -2.23. The predicted octanol–water partition coefficient (Wildman–Crippen LogP) is 4.20. The minimum Gasteiger partial charge on any atom is -0.497 e. The summed E-state index contributed by atoms with van der Waals surface area (Å²) in [5, 5.41) is 18.6. The first-order chi connectivity index (χ1) is 15.1. The average Bonchev–Trinajstić information content (AvgIpc) is 3.15. The minimum absolute atomic E-state index is 0.147. The molecule has 0 aliphatic rings. The molecule has 0 atom stereocenters. The van der Waals surface area contributed by atoms with Crippen LogP contribution >= 0.6 is 0 Å². The molecule has 0 radical (unpaired) electrons. The second kappa shape index (κ2) is 8.72. The van der Waals surface area contributed by atoms with Crippen LogP contribution in [0.25, 0.3) is 10.8 Å². The van der Waals surface area contributed by atoms with Gasteiger partial charge in [-0.05, 0) is 65.7 Å². The van der Waals surface area contributed by atoms with E-state index in [0.717, 1.165) is 33.5 Å². The van der Waals surface area contributed by atoms with Gasteiger partial charge >= 0.3 is 0 Å². The highest BCUT2D eigenvalue weighted by atomic mass is 16.5. The third kappa shape index (κ3) is 4.57. The molecule has 4 rings (SSSR count). The quantitative estimate of drug-likeness (QED) is 0.517. The number of ether oxygens (including phenoxy) is 1. The second-order valence-electron chi connectivity index (χ2n) is 7.36. The van der Waals surface area contributed by atoms with Crippen LogP contribution in [0.2, 0.25) is 0 Å². The Labute approximate surface area is 180 Å². The van der Waals surface area contributed by atoms with Crippen LogP contribution in [0.3, 0.4) is 0 Å². The molecule has 1 amide bonds. The number of carbonyl (C=O) groups excluding carboxylic acids is 1. The van der Waals surface area contributed by atoms with Crippen molar-refractivity contribution in [1.82, 2.24) is 15.1 Å². The van der Waals surface area contributed by atoms with Crippen LogP contribution in [-0.4, -0.2) is 22.8 Å². The van der Waals surface area contributed by atoms with E-state index in [4.69, 9.17) is 10.00 Å². The van der Waals surface area contributed by atoms with E-state index in [2.05, 4.69) is 16.5 Å². The number of fused-ring (bicyclic) bond motifs is 1. The standard InChI is InChI=1S/C25H22N4O2/c1-17-10-23(28-29(17)16-19-5-3-4-18(11-19)14-26)15-27-25(30)22-7-6-21-13-24(31-2)9-8-20(21)12-22/h3-13H,15-16H2,1-2H3,(H,27,30). The smallest absolute Gasteiger partial charge is 0.251 e. The molecule has 0 aliphatic carbocycles. The Bertz CT molecular complexity index is 1300. The number of hydrogen-bond acceptors (Lipinski definition) is 4. The summed E-state index contributed by atoms with van der Waals surface area (Å²) in [4.78, 5) is 12.6. The molecule has 0 saturated carbocycles. The summed E-state index contributed by atoms with van der Waals surface area (Å²) < 4.78 is 7.12. The molecule has 1 N–H and O–H groups in total. The van der Waals surface area contributed by atoms with E-state index in [-0.39, 0.29) is 5.91 Å². The van der Waals surface area contributed by atoms with Gasteiger partial charge in [-0.2, -0.15) is 10.4 Å². The van der Waals surface area contributed by atoms with Crippen molar-refractivity contribution in [3.05, 3.63) is 94.8 Å². The number of benzene rings is 3. The average molecular weight is 410 g/mol. The van der Waals surface area contributed by atoms with E-state index in [9.17, 15) is 4.79 Å². The van der Waals surface area contributed by atoms with Crippen LogP contribution in [0.1, 0.15) is 32.9 Å². The summed E-state index contributed by atoms with van der Waals surface area (Å²) in [7, 11) is 1.63. The van der Waals surface area contributed by atoms with Crippen molar-refractivity contribution >= 4 is 16.7 Å². The molecule has 0 spiro atoms. The minimum atomic E-state index is -0.147. The number of methoxy groups -OCH3 is 1. The highest BCUT2D eigenvalue weighted by Crippen LogP contribution is 2.22. The number of aryl methyl sites for hydroxylation is 1. The molecule has 6 heteroatoms. The number of rotatable bonds is 6. The Hall–Kier alpha value is -4.11. The molecule has 0 bridgehead atoms. The summed E-state index contributed by atoms with van der Waals surface area (Å²) >= 11 is 0. The van der Waals surface area contributed by atoms with Gasteiger partial charge in [0.1, 0.15) is 5.75 Å². The van der Waals surface area contributed by atoms with E-state index < -0.39 is 0 Å². The maximum atomic E-state index is 12.6. The molecule has 1 heterocycles. The largest absolute Gasteiger partial charge is 0.497 e. The first-order valence-corrected chi connectivity index (χ1v) is 9.94. The number of nitrogens with one attached hydrogen (secondary N) is 1. The van der Waals surface area contributed by atoms with Gasteiger partial charge in [0.15, 0.2) is 0 Å². The van der Waals surface area contributed by atoms with Crippen molar-refractivity contribution in [3.8, 4) is 11.8 Å². The lowest BCUT2D eigenvalue weighted by molar-refractivity contribution is 0.0950. The molecule has 4 aromatic rings. The molecular formula is C25H22N4O2. The highest BCUT2D eigenvalue weighted by Gasteiger charge is 2.10. The SMILES string of the molecule is COc1ccc2cc(C(=O)NCc3cc(C)n(Cc4cccc(C#N)c4)n3)ccc2c1. The number of nitriles is 1. The maximum Gasteiger partial charge on any atom is 0.251 e. The molecule has 154 valence electrons. The van der Waals surface area contributed by atoms with Gasteiger partial charge < -0.3 is 10.1 Å². The van der Waals surface area contributed by atoms with Crippen LogP contribution < -0.4 is 10.1 Å². The molecular weight excluding hydrogens is 388 g/mol. The van der Waals surface area contributed by atoms with E-state index >= 15 is 0 Å². The van der Waals surface area contributed by atoms with Crippen LogP contribution in [0.5, 0.6) is 5.75 Å². The Kier molecular flexibility index (Phi) is 5.67. The number of nitrogens with zero attached hydrogens (tertiary/aromatic N) is 3. The lowest BCUT2D eigenvalue weighted by atomic mass is 10.1. The first kappa shape index (κ1) is 20.2. The summed E-state index contributed by atoms with van der Waals surface area (Å²) in [6, 6.07) is 23.0. The number of aromatic nitrogens is 2. The Balaban J connectivity index is 1.43. The fourth-order valence-corrected chi connectivity index (χ4v) is 3.50. The third-order valence-electron chi connectivity index (χ3n) is 5.16. The zero-order valence-electron chi connectivity index (χ0n) is 17.4. The van der Waals surface area contributed by atoms with Crippen molar-refractivity contribution in [2.45, 2.75) is 20.0 Å². The van der Waals surface area contributed by atoms with Crippen LogP contribution in [0.4, 0.5) is 0 Å². The molecule has 31 heavy (non-hydrogen) atoms.